The molecule has 1 aliphatic heterocycles. The molecular formula is C13H16ClNO2. The normalized spacial score (nSPS) is 22.6. The average molecular weight is 254 g/mol. The Kier molecular flexibility index (Phi) is 3.69. The van der Waals surface area contributed by atoms with Gasteiger partial charge in [-0.25, -0.2) is 0 Å². The number of hydrogen-bond donors (Lipinski definition) is 1. The molecule has 0 aliphatic carbocycles. The van der Waals surface area contributed by atoms with Crippen molar-refractivity contribution in [2.24, 2.45) is 5.92 Å². The van der Waals surface area contributed by atoms with E-state index in [4.69, 9.17) is 16.7 Å². The summed E-state index contributed by atoms with van der Waals surface area (Å²) in [6, 6.07) is 7.91. The van der Waals surface area contributed by atoms with E-state index in [1.165, 1.54) is 0 Å². The first-order chi connectivity index (χ1) is 8.09. The molecule has 0 spiro atoms. The molecule has 0 radical (unpaired) electrons. The number of likely N-dealkylation sites (tertiary alicyclic amines) is 1. The van der Waals surface area contributed by atoms with Crippen LogP contribution in [0, 0.1) is 5.92 Å². The third kappa shape index (κ3) is 2.61. The van der Waals surface area contributed by atoms with Crippen molar-refractivity contribution in [2.45, 2.75) is 19.4 Å². The van der Waals surface area contributed by atoms with Crippen molar-refractivity contribution in [2.75, 3.05) is 13.1 Å². The first-order valence-corrected chi connectivity index (χ1v) is 6.18. The Labute approximate surface area is 106 Å². The Morgan fingerprint density at radius 1 is 1.53 bits per heavy atom. The van der Waals surface area contributed by atoms with Crippen molar-refractivity contribution >= 4 is 17.6 Å². The van der Waals surface area contributed by atoms with Crippen LogP contribution in [0.15, 0.2) is 24.3 Å². The Morgan fingerprint density at radius 3 is 2.82 bits per heavy atom. The lowest BCUT2D eigenvalue weighted by Gasteiger charge is -2.25. The third-order valence-electron chi connectivity index (χ3n) is 3.47. The Morgan fingerprint density at radius 2 is 2.24 bits per heavy atom. The second kappa shape index (κ2) is 5.07. The molecule has 0 saturated carbocycles. The highest BCUT2D eigenvalue weighted by molar-refractivity contribution is 6.31. The highest BCUT2D eigenvalue weighted by Gasteiger charge is 2.31. The Bertz CT molecular complexity index is 422. The van der Waals surface area contributed by atoms with Gasteiger partial charge < -0.3 is 5.11 Å². The van der Waals surface area contributed by atoms with E-state index in [0.717, 1.165) is 23.6 Å². The number of benzene rings is 1. The molecule has 1 aromatic carbocycles. The number of halogens is 1. The van der Waals surface area contributed by atoms with Gasteiger partial charge in [-0.15, -0.1) is 0 Å². The number of carboxylic acid groups (broad SMARTS) is 1. The van der Waals surface area contributed by atoms with E-state index < -0.39 is 5.97 Å². The first-order valence-electron chi connectivity index (χ1n) is 5.81. The van der Waals surface area contributed by atoms with Crippen LogP contribution in [-0.4, -0.2) is 29.1 Å². The standard InChI is InChI=1S/C13H16ClNO2/c1-9(11-4-2-3-5-12(11)14)15-7-6-10(8-15)13(16)17/h2-5,9-10H,6-8H2,1H3,(H,16,17)/t9-,10+/m0/s1. The highest BCUT2D eigenvalue weighted by Crippen LogP contribution is 2.31. The molecule has 3 nitrogen and oxygen atoms in total. The summed E-state index contributed by atoms with van der Waals surface area (Å²) < 4.78 is 0. The topological polar surface area (TPSA) is 40.5 Å². The van der Waals surface area contributed by atoms with Gasteiger partial charge in [0.2, 0.25) is 0 Å². The number of nitrogens with zero attached hydrogens (tertiary/aromatic N) is 1. The van der Waals surface area contributed by atoms with Crippen molar-refractivity contribution in [3.8, 4) is 0 Å². The summed E-state index contributed by atoms with van der Waals surface area (Å²) in [6.07, 6.45) is 0.726. The van der Waals surface area contributed by atoms with Gasteiger partial charge in [0.05, 0.1) is 5.92 Å². The lowest BCUT2D eigenvalue weighted by atomic mass is 10.1. The Hall–Kier alpha value is -1.06. The maximum absolute atomic E-state index is 10.9. The van der Waals surface area contributed by atoms with Gasteiger partial charge in [-0.2, -0.15) is 0 Å². The smallest absolute Gasteiger partial charge is 0.307 e. The minimum Gasteiger partial charge on any atom is -0.481 e. The van der Waals surface area contributed by atoms with E-state index in [2.05, 4.69) is 11.8 Å². The van der Waals surface area contributed by atoms with Gasteiger partial charge in [0.25, 0.3) is 0 Å². The van der Waals surface area contributed by atoms with Crippen LogP contribution in [0.25, 0.3) is 0 Å². The van der Waals surface area contributed by atoms with Gasteiger partial charge in [0.15, 0.2) is 0 Å². The molecule has 4 heteroatoms. The van der Waals surface area contributed by atoms with Gasteiger partial charge in [0, 0.05) is 17.6 Å². The monoisotopic (exact) mass is 253 g/mol. The average Bonchev–Trinajstić information content (AvgIpc) is 2.78. The fourth-order valence-electron chi connectivity index (χ4n) is 2.35. The number of hydrogen-bond acceptors (Lipinski definition) is 2. The lowest BCUT2D eigenvalue weighted by molar-refractivity contribution is -0.141. The minimum atomic E-state index is -0.696. The zero-order chi connectivity index (χ0) is 12.4. The fraction of sp³-hybridized carbons (Fsp3) is 0.462. The van der Waals surface area contributed by atoms with E-state index >= 15 is 0 Å². The van der Waals surface area contributed by atoms with Crippen LogP contribution in [0.5, 0.6) is 0 Å². The molecule has 17 heavy (non-hydrogen) atoms. The molecule has 1 saturated heterocycles. The molecule has 0 bridgehead atoms. The third-order valence-corrected chi connectivity index (χ3v) is 3.82. The summed E-state index contributed by atoms with van der Waals surface area (Å²) in [6.45, 7) is 3.51. The van der Waals surface area contributed by atoms with Crippen LogP contribution in [0.4, 0.5) is 0 Å². The number of aliphatic carboxylic acids is 1. The number of carbonyl (C=O) groups is 1. The lowest BCUT2D eigenvalue weighted by Crippen LogP contribution is -2.26. The van der Waals surface area contributed by atoms with E-state index in [1.807, 2.05) is 24.3 Å². The second-order valence-corrected chi connectivity index (χ2v) is 4.92. The SMILES string of the molecule is C[C@@H](c1ccccc1Cl)N1CC[C@@H](C(=O)O)C1. The zero-order valence-corrected chi connectivity index (χ0v) is 10.5. The summed E-state index contributed by atoms with van der Waals surface area (Å²) >= 11 is 6.15. The van der Waals surface area contributed by atoms with E-state index in [9.17, 15) is 4.79 Å². The fourth-order valence-corrected chi connectivity index (χ4v) is 2.64. The number of carboxylic acids is 1. The van der Waals surface area contributed by atoms with E-state index in [-0.39, 0.29) is 12.0 Å². The molecule has 1 fully saturated rings. The van der Waals surface area contributed by atoms with Gasteiger partial charge >= 0.3 is 5.97 Å². The van der Waals surface area contributed by atoms with Crippen molar-refractivity contribution in [3.05, 3.63) is 34.9 Å². The van der Waals surface area contributed by atoms with Crippen LogP contribution in [0.3, 0.4) is 0 Å². The predicted molar refractivity (Wildman–Crippen MR) is 67.2 cm³/mol. The molecule has 92 valence electrons. The molecule has 1 heterocycles. The van der Waals surface area contributed by atoms with Gasteiger partial charge in [-0.3, -0.25) is 9.69 Å². The maximum atomic E-state index is 10.9. The predicted octanol–water partition coefficient (Wildman–Crippen LogP) is 2.81. The van der Waals surface area contributed by atoms with E-state index in [1.54, 1.807) is 0 Å². The van der Waals surface area contributed by atoms with E-state index in [0.29, 0.717) is 6.54 Å². The van der Waals surface area contributed by atoms with Crippen LogP contribution in [-0.2, 0) is 4.79 Å². The Balaban J connectivity index is 2.09. The molecule has 1 aromatic rings. The van der Waals surface area contributed by atoms with Crippen molar-refractivity contribution in [1.29, 1.82) is 0 Å². The van der Waals surface area contributed by atoms with Crippen LogP contribution < -0.4 is 0 Å². The first kappa shape index (κ1) is 12.4. The van der Waals surface area contributed by atoms with Crippen molar-refractivity contribution in [3.63, 3.8) is 0 Å². The molecule has 2 rings (SSSR count). The molecule has 0 unspecified atom stereocenters. The van der Waals surface area contributed by atoms with Crippen LogP contribution >= 0.6 is 11.6 Å². The van der Waals surface area contributed by atoms with Crippen molar-refractivity contribution in [1.82, 2.24) is 4.90 Å². The quantitative estimate of drug-likeness (QED) is 0.901. The second-order valence-electron chi connectivity index (χ2n) is 4.52. The van der Waals surface area contributed by atoms with Gasteiger partial charge in [-0.1, -0.05) is 29.8 Å². The molecular weight excluding hydrogens is 238 g/mol. The summed E-state index contributed by atoms with van der Waals surface area (Å²) in [4.78, 5) is 13.1. The molecule has 1 aliphatic rings. The number of rotatable bonds is 3. The summed E-state index contributed by atoms with van der Waals surface area (Å²) in [5, 5.41) is 9.73. The van der Waals surface area contributed by atoms with Gasteiger partial charge in [-0.05, 0) is 31.5 Å². The van der Waals surface area contributed by atoms with Crippen LogP contribution in [0.2, 0.25) is 5.02 Å². The molecule has 2 atom stereocenters. The van der Waals surface area contributed by atoms with Crippen LogP contribution in [0.1, 0.15) is 24.9 Å². The largest absolute Gasteiger partial charge is 0.481 e. The molecule has 1 N–H and O–H groups in total. The minimum absolute atomic E-state index is 0.174. The maximum Gasteiger partial charge on any atom is 0.307 e. The summed E-state index contributed by atoms with van der Waals surface area (Å²) in [5.41, 5.74) is 1.07. The van der Waals surface area contributed by atoms with Crippen molar-refractivity contribution < 1.29 is 9.90 Å². The molecule has 0 amide bonds. The highest BCUT2D eigenvalue weighted by atomic mass is 35.5. The summed E-state index contributed by atoms with van der Waals surface area (Å²) in [5.74, 6) is -0.932. The zero-order valence-electron chi connectivity index (χ0n) is 9.77. The molecule has 0 aromatic heterocycles. The summed E-state index contributed by atoms with van der Waals surface area (Å²) in [7, 11) is 0. The van der Waals surface area contributed by atoms with Gasteiger partial charge in [0.1, 0.15) is 0 Å².